The van der Waals surface area contributed by atoms with Crippen LogP contribution >= 0.6 is 11.3 Å². The molecule has 3 N–H and O–H groups in total. The molecule has 2 aromatic heterocycles. The standard InChI is InChI=1S/C14H21N3O2S2/c1-10(2)17-9-13(6-12(17)7-15)21(18,19)16-8-14-11(3)4-5-20-14/h4-6,9-10,16H,7-8,15H2,1-3H3. The Hall–Kier alpha value is -1.15. The average molecular weight is 327 g/mol. The van der Waals surface area contributed by atoms with E-state index in [4.69, 9.17) is 5.73 Å². The first-order chi connectivity index (χ1) is 9.85. The summed E-state index contributed by atoms with van der Waals surface area (Å²) in [6.45, 7) is 6.60. The van der Waals surface area contributed by atoms with Crippen molar-refractivity contribution in [2.45, 2.75) is 44.8 Å². The predicted molar refractivity (Wildman–Crippen MR) is 85.8 cm³/mol. The fraction of sp³-hybridized carbons (Fsp3) is 0.429. The smallest absolute Gasteiger partial charge is 0.242 e. The van der Waals surface area contributed by atoms with Crippen LogP contribution in [0.1, 0.15) is 36.0 Å². The molecule has 0 bridgehead atoms. The predicted octanol–water partition coefficient (Wildman–Crippen LogP) is 2.38. The fourth-order valence-electron chi connectivity index (χ4n) is 2.12. The number of hydrogen-bond donors (Lipinski definition) is 2. The lowest BCUT2D eigenvalue weighted by Gasteiger charge is -2.10. The van der Waals surface area contributed by atoms with Gasteiger partial charge in [0.05, 0.1) is 4.90 Å². The first-order valence-electron chi connectivity index (χ1n) is 6.78. The third-order valence-electron chi connectivity index (χ3n) is 3.37. The van der Waals surface area contributed by atoms with E-state index in [1.165, 1.54) is 0 Å². The molecule has 0 saturated heterocycles. The van der Waals surface area contributed by atoms with E-state index in [0.29, 0.717) is 13.1 Å². The molecule has 0 atom stereocenters. The van der Waals surface area contributed by atoms with E-state index in [2.05, 4.69) is 4.72 Å². The summed E-state index contributed by atoms with van der Waals surface area (Å²) >= 11 is 1.55. The summed E-state index contributed by atoms with van der Waals surface area (Å²) in [4.78, 5) is 1.30. The SMILES string of the molecule is Cc1ccsc1CNS(=O)(=O)c1cc(CN)n(C(C)C)c1. The molecule has 0 aliphatic heterocycles. The minimum atomic E-state index is -3.52. The highest BCUT2D eigenvalue weighted by molar-refractivity contribution is 7.89. The molecule has 2 aromatic rings. The van der Waals surface area contributed by atoms with Crippen molar-refractivity contribution >= 4 is 21.4 Å². The van der Waals surface area contributed by atoms with Gasteiger partial charge in [-0.05, 0) is 43.8 Å². The Kier molecular flexibility index (Phi) is 4.88. The molecule has 116 valence electrons. The van der Waals surface area contributed by atoms with Gasteiger partial charge in [0.25, 0.3) is 0 Å². The zero-order valence-electron chi connectivity index (χ0n) is 12.5. The van der Waals surface area contributed by atoms with Crippen molar-refractivity contribution in [1.82, 2.24) is 9.29 Å². The molecule has 0 radical (unpaired) electrons. The lowest BCUT2D eigenvalue weighted by atomic mass is 10.3. The molecule has 0 fully saturated rings. The summed E-state index contributed by atoms with van der Waals surface area (Å²) in [6, 6.07) is 3.80. The lowest BCUT2D eigenvalue weighted by Crippen LogP contribution is -2.22. The number of hydrogen-bond acceptors (Lipinski definition) is 4. The number of rotatable bonds is 6. The van der Waals surface area contributed by atoms with Crippen LogP contribution in [-0.2, 0) is 23.1 Å². The monoisotopic (exact) mass is 327 g/mol. The number of aromatic nitrogens is 1. The molecule has 0 saturated carbocycles. The van der Waals surface area contributed by atoms with Gasteiger partial charge in [0.2, 0.25) is 10.0 Å². The molecule has 21 heavy (non-hydrogen) atoms. The van der Waals surface area contributed by atoms with Crippen LogP contribution in [-0.4, -0.2) is 13.0 Å². The third-order valence-corrected chi connectivity index (χ3v) is 5.76. The molecular weight excluding hydrogens is 306 g/mol. The van der Waals surface area contributed by atoms with E-state index in [-0.39, 0.29) is 10.9 Å². The molecule has 2 rings (SSSR count). The van der Waals surface area contributed by atoms with E-state index in [1.54, 1.807) is 23.6 Å². The molecule has 0 aliphatic carbocycles. The minimum Gasteiger partial charge on any atom is -0.346 e. The Morgan fingerprint density at radius 3 is 2.62 bits per heavy atom. The maximum atomic E-state index is 12.4. The van der Waals surface area contributed by atoms with Crippen molar-refractivity contribution in [3.63, 3.8) is 0 Å². The highest BCUT2D eigenvalue weighted by Crippen LogP contribution is 2.20. The number of nitrogens with two attached hydrogens (primary N) is 1. The molecule has 7 heteroatoms. The normalized spacial score (nSPS) is 12.2. The summed E-state index contributed by atoms with van der Waals surface area (Å²) < 4.78 is 29.3. The van der Waals surface area contributed by atoms with Crippen LogP contribution < -0.4 is 10.5 Å². The van der Waals surface area contributed by atoms with Gasteiger partial charge >= 0.3 is 0 Å². The third kappa shape index (κ3) is 3.55. The van der Waals surface area contributed by atoms with Crippen molar-refractivity contribution in [2.24, 2.45) is 5.73 Å². The maximum absolute atomic E-state index is 12.4. The lowest BCUT2D eigenvalue weighted by molar-refractivity contribution is 0.569. The van der Waals surface area contributed by atoms with Gasteiger partial charge in [0, 0.05) is 35.9 Å². The van der Waals surface area contributed by atoms with Gasteiger partial charge in [0.1, 0.15) is 0 Å². The van der Waals surface area contributed by atoms with Crippen molar-refractivity contribution in [2.75, 3.05) is 0 Å². The summed E-state index contributed by atoms with van der Waals surface area (Å²) in [5, 5.41) is 1.96. The summed E-state index contributed by atoms with van der Waals surface area (Å²) in [5.41, 5.74) is 7.60. The molecule has 0 unspecified atom stereocenters. The summed E-state index contributed by atoms with van der Waals surface area (Å²) in [6.07, 6.45) is 1.65. The second kappa shape index (κ2) is 6.31. The van der Waals surface area contributed by atoms with Gasteiger partial charge in [-0.3, -0.25) is 0 Å². The minimum absolute atomic E-state index is 0.173. The van der Waals surface area contributed by atoms with Crippen LogP contribution in [0.2, 0.25) is 0 Å². The van der Waals surface area contributed by atoms with E-state index in [0.717, 1.165) is 16.1 Å². The van der Waals surface area contributed by atoms with E-state index < -0.39 is 10.0 Å². The van der Waals surface area contributed by atoms with Gasteiger partial charge < -0.3 is 10.3 Å². The molecule has 5 nitrogen and oxygen atoms in total. The largest absolute Gasteiger partial charge is 0.346 e. The number of nitrogens with zero attached hydrogens (tertiary/aromatic N) is 1. The van der Waals surface area contributed by atoms with Crippen molar-refractivity contribution in [3.8, 4) is 0 Å². The van der Waals surface area contributed by atoms with Crippen molar-refractivity contribution in [1.29, 1.82) is 0 Å². The Bertz CT molecular complexity index is 714. The average Bonchev–Trinajstić information content (AvgIpc) is 3.02. The van der Waals surface area contributed by atoms with Crippen LogP contribution in [0.25, 0.3) is 0 Å². The Labute approximate surface area is 129 Å². The van der Waals surface area contributed by atoms with Crippen molar-refractivity contribution < 1.29 is 8.42 Å². The molecule has 2 heterocycles. The van der Waals surface area contributed by atoms with Gasteiger partial charge in [-0.15, -0.1) is 11.3 Å². The molecule has 0 aliphatic rings. The first-order valence-corrected chi connectivity index (χ1v) is 9.15. The van der Waals surface area contributed by atoms with Gasteiger partial charge in [-0.2, -0.15) is 0 Å². The fourth-order valence-corrected chi connectivity index (χ4v) is 4.10. The maximum Gasteiger partial charge on any atom is 0.242 e. The van der Waals surface area contributed by atoms with Crippen LogP contribution in [0.15, 0.2) is 28.6 Å². The molecular formula is C14H21N3O2S2. The zero-order chi connectivity index (χ0) is 15.6. The van der Waals surface area contributed by atoms with E-state index in [9.17, 15) is 8.42 Å². The van der Waals surface area contributed by atoms with Gasteiger partial charge in [-0.25, -0.2) is 13.1 Å². The van der Waals surface area contributed by atoms with Crippen molar-refractivity contribution in [3.05, 3.63) is 39.8 Å². The second-order valence-electron chi connectivity index (χ2n) is 5.22. The summed E-state index contributed by atoms with van der Waals surface area (Å²) in [5.74, 6) is 0. The highest BCUT2D eigenvalue weighted by atomic mass is 32.2. The van der Waals surface area contributed by atoms with E-state index >= 15 is 0 Å². The van der Waals surface area contributed by atoms with Crippen LogP contribution in [0.5, 0.6) is 0 Å². The Morgan fingerprint density at radius 2 is 2.14 bits per heavy atom. The number of sulfonamides is 1. The van der Waals surface area contributed by atoms with Gasteiger partial charge in [0.15, 0.2) is 0 Å². The zero-order valence-corrected chi connectivity index (χ0v) is 14.1. The Morgan fingerprint density at radius 1 is 1.43 bits per heavy atom. The molecule has 0 amide bonds. The molecule has 0 spiro atoms. The van der Waals surface area contributed by atoms with E-state index in [1.807, 2.05) is 36.8 Å². The first kappa shape index (κ1) is 16.2. The quantitative estimate of drug-likeness (QED) is 0.855. The summed E-state index contributed by atoms with van der Waals surface area (Å²) in [7, 11) is -3.52. The van der Waals surface area contributed by atoms with Crippen LogP contribution in [0.3, 0.4) is 0 Å². The Balaban J connectivity index is 2.21. The highest BCUT2D eigenvalue weighted by Gasteiger charge is 2.19. The number of nitrogens with one attached hydrogen (secondary N) is 1. The second-order valence-corrected chi connectivity index (χ2v) is 7.99. The van der Waals surface area contributed by atoms with Gasteiger partial charge in [-0.1, -0.05) is 0 Å². The van der Waals surface area contributed by atoms with Crippen LogP contribution in [0, 0.1) is 6.92 Å². The number of thiophene rings is 1. The number of aryl methyl sites for hydroxylation is 1. The topological polar surface area (TPSA) is 77.1 Å². The van der Waals surface area contributed by atoms with Crippen LogP contribution in [0.4, 0.5) is 0 Å². The molecule has 0 aromatic carbocycles.